The summed E-state index contributed by atoms with van der Waals surface area (Å²) in [5.41, 5.74) is 3.23. The first-order chi connectivity index (χ1) is 18.0. The smallest absolute Gasteiger partial charge is 0.224 e. The van der Waals surface area contributed by atoms with Gasteiger partial charge in [-0.15, -0.1) is 0 Å². The van der Waals surface area contributed by atoms with Crippen molar-refractivity contribution in [3.05, 3.63) is 83.9 Å². The van der Waals surface area contributed by atoms with E-state index in [4.69, 9.17) is 0 Å². The van der Waals surface area contributed by atoms with E-state index in [1.807, 2.05) is 45.7 Å². The van der Waals surface area contributed by atoms with Crippen molar-refractivity contribution in [2.75, 3.05) is 18.0 Å². The van der Waals surface area contributed by atoms with Crippen molar-refractivity contribution in [2.24, 2.45) is 0 Å². The molecule has 1 saturated heterocycles. The summed E-state index contributed by atoms with van der Waals surface area (Å²) in [4.78, 5) is 37.3. The van der Waals surface area contributed by atoms with Gasteiger partial charge in [-0.2, -0.15) is 0 Å². The standard InChI is InChI=1S/C30H37N5O2/c1-23-31-16-19-32(23)17-15-30(37)33-21-26-10-6-7-11-29(26)34(24(2)36)18-14-27-12-13-28(22-33)35(27)20-25-8-4-3-5-9-25/h3-11,16,19,27-28H,12-15,17-18,20-22H2,1-2H3/t27-,28+/m0/s1. The zero-order valence-corrected chi connectivity index (χ0v) is 21.9. The van der Waals surface area contributed by atoms with Crippen molar-refractivity contribution in [2.45, 2.75) is 71.2 Å². The monoisotopic (exact) mass is 499 g/mol. The SMILES string of the molecule is CC(=O)N1CC[C@@H]2CC[C@H](CN(C(=O)CCn3ccnc3C)Cc3ccccc31)N2Cc1ccccc1. The van der Waals surface area contributed by atoms with Crippen LogP contribution in [0.2, 0.25) is 0 Å². The van der Waals surface area contributed by atoms with Crippen molar-refractivity contribution < 1.29 is 9.59 Å². The maximum absolute atomic E-state index is 13.7. The molecule has 0 aliphatic carbocycles. The maximum Gasteiger partial charge on any atom is 0.224 e. The van der Waals surface area contributed by atoms with Crippen molar-refractivity contribution in [1.29, 1.82) is 0 Å². The third-order valence-corrected chi connectivity index (χ3v) is 7.96. The summed E-state index contributed by atoms with van der Waals surface area (Å²) in [6, 6.07) is 19.3. The number of carbonyl (C=O) groups excluding carboxylic acids is 2. The fourth-order valence-corrected chi connectivity index (χ4v) is 5.94. The number of fused-ring (bicyclic) bond motifs is 3. The molecule has 0 radical (unpaired) electrons. The molecule has 2 aliphatic heterocycles. The summed E-state index contributed by atoms with van der Waals surface area (Å²) in [6.07, 6.45) is 7.19. The zero-order valence-electron chi connectivity index (χ0n) is 21.9. The number of nitrogens with zero attached hydrogens (tertiary/aromatic N) is 5. The Hall–Kier alpha value is -3.45. The van der Waals surface area contributed by atoms with E-state index in [1.54, 1.807) is 13.1 Å². The second kappa shape index (κ2) is 11.3. The molecular weight excluding hydrogens is 462 g/mol. The minimum Gasteiger partial charge on any atom is -0.337 e. The van der Waals surface area contributed by atoms with Crippen LogP contribution in [0.15, 0.2) is 67.0 Å². The topological polar surface area (TPSA) is 61.7 Å². The molecule has 194 valence electrons. The van der Waals surface area contributed by atoms with E-state index in [9.17, 15) is 9.59 Å². The van der Waals surface area contributed by atoms with E-state index in [0.717, 1.165) is 42.9 Å². The highest BCUT2D eigenvalue weighted by Crippen LogP contribution is 2.32. The van der Waals surface area contributed by atoms with Gasteiger partial charge >= 0.3 is 0 Å². The Morgan fingerprint density at radius 2 is 1.73 bits per heavy atom. The van der Waals surface area contributed by atoms with Crippen LogP contribution in [0, 0.1) is 6.92 Å². The molecule has 0 unspecified atom stereocenters. The van der Waals surface area contributed by atoms with Gasteiger partial charge in [0.05, 0.1) is 0 Å². The number of hydrogen-bond donors (Lipinski definition) is 0. The van der Waals surface area contributed by atoms with E-state index in [1.165, 1.54) is 5.56 Å². The summed E-state index contributed by atoms with van der Waals surface area (Å²) in [5.74, 6) is 1.10. The van der Waals surface area contributed by atoms with Crippen LogP contribution in [0.1, 0.15) is 49.6 Å². The summed E-state index contributed by atoms with van der Waals surface area (Å²) in [5, 5.41) is 0. The minimum absolute atomic E-state index is 0.0457. The molecule has 3 aromatic rings. The Kier molecular flexibility index (Phi) is 7.70. The highest BCUT2D eigenvalue weighted by atomic mass is 16.2. The number of rotatable bonds is 5. The van der Waals surface area contributed by atoms with Crippen molar-refractivity contribution in [1.82, 2.24) is 19.4 Å². The third kappa shape index (κ3) is 5.77. The second-order valence-corrected chi connectivity index (χ2v) is 10.3. The van der Waals surface area contributed by atoms with Crippen molar-refractivity contribution in [3.63, 3.8) is 0 Å². The van der Waals surface area contributed by atoms with Crippen LogP contribution in [0.3, 0.4) is 0 Å². The molecular formula is C30H37N5O2. The summed E-state index contributed by atoms with van der Waals surface area (Å²) >= 11 is 0. The maximum atomic E-state index is 13.7. The van der Waals surface area contributed by atoms with Crippen LogP contribution in [0.5, 0.6) is 0 Å². The molecule has 3 heterocycles. The lowest BCUT2D eigenvalue weighted by molar-refractivity contribution is -0.133. The Balaban J connectivity index is 1.46. The predicted octanol–water partition coefficient (Wildman–Crippen LogP) is 4.40. The number of hydrogen-bond acceptors (Lipinski definition) is 4. The molecule has 7 heteroatoms. The molecule has 2 aromatic carbocycles. The molecule has 2 aliphatic rings. The van der Waals surface area contributed by atoms with Gasteiger partial charge in [0.25, 0.3) is 0 Å². The number of carbonyl (C=O) groups is 2. The van der Waals surface area contributed by atoms with Crippen LogP contribution >= 0.6 is 0 Å². The molecule has 7 nitrogen and oxygen atoms in total. The Morgan fingerprint density at radius 3 is 2.49 bits per heavy atom. The molecule has 0 spiro atoms. The van der Waals surface area contributed by atoms with Crippen LogP contribution in [-0.2, 0) is 29.2 Å². The highest BCUT2D eigenvalue weighted by Gasteiger charge is 2.36. The molecule has 0 saturated carbocycles. The molecule has 5 rings (SSSR count). The highest BCUT2D eigenvalue weighted by molar-refractivity contribution is 5.92. The molecule has 2 bridgehead atoms. The first-order valence-electron chi connectivity index (χ1n) is 13.4. The number of benzene rings is 2. The van der Waals surface area contributed by atoms with E-state index in [2.05, 4.69) is 46.3 Å². The first kappa shape index (κ1) is 25.2. The van der Waals surface area contributed by atoms with E-state index >= 15 is 0 Å². The van der Waals surface area contributed by atoms with E-state index < -0.39 is 0 Å². The van der Waals surface area contributed by atoms with Crippen molar-refractivity contribution >= 4 is 17.5 Å². The zero-order chi connectivity index (χ0) is 25.8. The number of para-hydroxylation sites is 1. The third-order valence-electron chi connectivity index (χ3n) is 7.96. The second-order valence-electron chi connectivity index (χ2n) is 10.3. The molecule has 2 atom stereocenters. The Labute approximate surface area is 219 Å². The quantitative estimate of drug-likeness (QED) is 0.522. The van der Waals surface area contributed by atoms with Gasteiger partial charge in [-0.3, -0.25) is 14.5 Å². The number of aromatic nitrogens is 2. The van der Waals surface area contributed by atoms with Gasteiger partial charge in [0, 0.05) is 76.2 Å². The lowest BCUT2D eigenvalue weighted by Gasteiger charge is -2.34. The van der Waals surface area contributed by atoms with Gasteiger partial charge in [0.2, 0.25) is 11.8 Å². The largest absolute Gasteiger partial charge is 0.337 e. The first-order valence-corrected chi connectivity index (χ1v) is 13.4. The van der Waals surface area contributed by atoms with Gasteiger partial charge in [-0.1, -0.05) is 48.5 Å². The number of amides is 2. The van der Waals surface area contributed by atoms with Crippen molar-refractivity contribution in [3.8, 4) is 0 Å². The molecule has 1 fully saturated rings. The van der Waals surface area contributed by atoms with Crippen LogP contribution in [-0.4, -0.2) is 56.3 Å². The average Bonchev–Trinajstić information content (AvgIpc) is 3.47. The normalized spacial score (nSPS) is 20.4. The fourth-order valence-electron chi connectivity index (χ4n) is 5.94. The Morgan fingerprint density at radius 1 is 0.973 bits per heavy atom. The number of anilines is 1. The van der Waals surface area contributed by atoms with Crippen LogP contribution in [0.4, 0.5) is 5.69 Å². The number of aryl methyl sites for hydroxylation is 2. The van der Waals surface area contributed by atoms with Crippen LogP contribution in [0.25, 0.3) is 0 Å². The summed E-state index contributed by atoms with van der Waals surface area (Å²) in [6.45, 7) is 6.96. The van der Waals surface area contributed by atoms with Gasteiger partial charge in [-0.05, 0) is 43.4 Å². The summed E-state index contributed by atoms with van der Waals surface area (Å²) < 4.78 is 2.03. The molecule has 1 aromatic heterocycles. The lowest BCUT2D eigenvalue weighted by atomic mass is 10.1. The van der Waals surface area contributed by atoms with Gasteiger partial charge in [0.1, 0.15) is 5.82 Å². The van der Waals surface area contributed by atoms with Gasteiger partial charge < -0.3 is 14.4 Å². The Bertz CT molecular complexity index is 1220. The average molecular weight is 500 g/mol. The number of imidazole rings is 1. The predicted molar refractivity (Wildman–Crippen MR) is 145 cm³/mol. The minimum atomic E-state index is 0.0457. The van der Waals surface area contributed by atoms with Gasteiger partial charge in [-0.25, -0.2) is 4.98 Å². The lowest BCUT2D eigenvalue weighted by Crippen LogP contribution is -2.45. The van der Waals surface area contributed by atoms with E-state index in [-0.39, 0.29) is 11.8 Å². The van der Waals surface area contributed by atoms with E-state index in [0.29, 0.717) is 44.7 Å². The summed E-state index contributed by atoms with van der Waals surface area (Å²) in [7, 11) is 0. The molecule has 0 N–H and O–H groups in total. The molecule has 37 heavy (non-hydrogen) atoms. The van der Waals surface area contributed by atoms with Crippen LogP contribution < -0.4 is 4.90 Å². The molecule has 2 amide bonds. The van der Waals surface area contributed by atoms with Gasteiger partial charge in [0.15, 0.2) is 0 Å². The fraction of sp³-hybridized carbons (Fsp3) is 0.433.